The van der Waals surface area contributed by atoms with Crippen molar-refractivity contribution in [1.82, 2.24) is 14.7 Å². The van der Waals surface area contributed by atoms with E-state index < -0.39 is 18.0 Å². The second-order valence-corrected chi connectivity index (χ2v) is 7.28. The summed E-state index contributed by atoms with van der Waals surface area (Å²) in [5.74, 6) is 0.239. The molecule has 3 heterocycles. The van der Waals surface area contributed by atoms with Crippen LogP contribution < -0.4 is 0 Å². The molecule has 0 saturated carbocycles. The van der Waals surface area contributed by atoms with Crippen molar-refractivity contribution in [2.24, 2.45) is 4.99 Å². The third-order valence-electron chi connectivity index (χ3n) is 5.50. The Balaban J connectivity index is 1.94. The molecule has 3 rings (SSSR count). The van der Waals surface area contributed by atoms with E-state index in [0.717, 1.165) is 24.3 Å². The standard InChI is InChI=1S/C18H28N5O4/c1-5-27-14(24)11-23-13(10-22-9-7-6-8-12(22)2)19-16-15(23)17(25)21(4)18(26)20(16)3/h12,15H,5-11H2,1-4H3/q+1. The molecule has 0 spiro atoms. The molecule has 0 N–H and O–H groups in total. The molecular weight excluding hydrogens is 350 g/mol. The Morgan fingerprint density at radius 1 is 1.26 bits per heavy atom. The molecule has 2 atom stereocenters. The molecule has 0 radical (unpaired) electrons. The summed E-state index contributed by atoms with van der Waals surface area (Å²) in [6, 6.07) is -0.771. The van der Waals surface area contributed by atoms with Gasteiger partial charge in [0.05, 0.1) is 6.61 Å². The predicted molar refractivity (Wildman–Crippen MR) is 98.8 cm³/mol. The third kappa shape index (κ3) is 3.60. The lowest BCUT2D eigenvalue weighted by molar-refractivity contribution is -0.527. The van der Waals surface area contributed by atoms with E-state index in [0.29, 0.717) is 24.3 Å². The number of hydrogen-bond donors (Lipinski definition) is 0. The van der Waals surface area contributed by atoms with Crippen LogP contribution in [0.3, 0.4) is 0 Å². The summed E-state index contributed by atoms with van der Waals surface area (Å²) in [5.41, 5.74) is 0. The fourth-order valence-corrected chi connectivity index (χ4v) is 3.88. The van der Waals surface area contributed by atoms with Crippen LogP contribution in [-0.2, 0) is 14.3 Å². The quantitative estimate of drug-likeness (QED) is 0.502. The van der Waals surface area contributed by atoms with E-state index in [4.69, 9.17) is 4.74 Å². The highest BCUT2D eigenvalue weighted by Gasteiger charge is 2.53. The van der Waals surface area contributed by atoms with E-state index in [-0.39, 0.29) is 19.1 Å². The molecule has 9 heteroatoms. The van der Waals surface area contributed by atoms with Gasteiger partial charge in [-0.2, -0.15) is 0 Å². The first kappa shape index (κ1) is 19.5. The van der Waals surface area contributed by atoms with Crippen LogP contribution in [0.2, 0.25) is 0 Å². The highest BCUT2D eigenvalue weighted by molar-refractivity contribution is 6.23. The summed E-state index contributed by atoms with van der Waals surface area (Å²) in [6.07, 6.45) is 3.44. The van der Waals surface area contributed by atoms with Crippen molar-refractivity contribution in [3.8, 4) is 0 Å². The molecule has 2 fully saturated rings. The van der Waals surface area contributed by atoms with Crippen molar-refractivity contribution in [2.75, 3.05) is 40.3 Å². The minimum absolute atomic E-state index is 0.0648. The molecule has 0 aromatic carbocycles. The number of likely N-dealkylation sites (N-methyl/N-ethyl adjacent to an activating group) is 2. The Morgan fingerprint density at radius 2 is 2.00 bits per heavy atom. The molecule has 0 aliphatic carbocycles. The summed E-state index contributed by atoms with van der Waals surface area (Å²) in [6.45, 7) is 5.63. The van der Waals surface area contributed by atoms with Gasteiger partial charge in [-0.3, -0.25) is 19.5 Å². The molecule has 0 aromatic rings. The van der Waals surface area contributed by atoms with Crippen molar-refractivity contribution in [2.45, 2.75) is 45.2 Å². The maximum atomic E-state index is 12.8. The molecule has 3 aliphatic heterocycles. The van der Waals surface area contributed by atoms with Crippen molar-refractivity contribution < 1.29 is 23.7 Å². The first-order valence-electron chi connectivity index (χ1n) is 9.51. The topological polar surface area (TPSA) is 85.5 Å². The number of rotatable bonds is 5. The van der Waals surface area contributed by atoms with Crippen molar-refractivity contribution >= 4 is 29.6 Å². The average molecular weight is 378 g/mol. The minimum Gasteiger partial charge on any atom is -0.463 e. The molecule has 148 valence electrons. The summed E-state index contributed by atoms with van der Waals surface area (Å²) in [7, 11) is 3.05. The van der Waals surface area contributed by atoms with Gasteiger partial charge in [-0.1, -0.05) is 6.42 Å². The van der Waals surface area contributed by atoms with Gasteiger partial charge in [0.25, 0.3) is 17.8 Å². The second kappa shape index (κ2) is 7.75. The number of aliphatic imine (C=N–C) groups is 1. The van der Waals surface area contributed by atoms with Gasteiger partial charge in [-0.15, -0.1) is 0 Å². The average Bonchev–Trinajstić information content (AvgIpc) is 2.98. The molecule has 0 bridgehead atoms. The van der Waals surface area contributed by atoms with Gasteiger partial charge in [0, 0.05) is 20.1 Å². The van der Waals surface area contributed by atoms with Crippen molar-refractivity contribution in [1.29, 1.82) is 0 Å². The number of piperidine rings is 1. The van der Waals surface area contributed by atoms with Crippen LogP contribution in [0.5, 0.6) is 0 Å². The zero-order chi connectivity index (χ0) is 19.7. The highest BCUT2D eigenvalue weighted by atomic mass is 16.5. The molecule has 3 amide bonds. The van der Waals surface area contributed by atoms with E-state index in [1.165, 1.54) is 18.4 Å². The molecular formula is C18H28N5O4+. The lowest BCUT2D eigenvalue weighted by Crippen LogP contribution is -2.62. The Morgan fingerprint density at radius 3 is 2.67 bits per heavy atom. The normalized spacial score (nSPS) is 26.4. The van der Waals surface area contributed by atoms with Gasteiger partial charge in [-0.05, 0) is 38.2 Å². The maximum absolute atomic E-state index is 12.8. The van der Waals surface area contributed by atoms with Gasteiger partial charge in [0.15, 0.2) is 6.54 Å². The monoisotopic (exact) mass is 378 g/mol. The number of likely N-dealkylation sites (tertiary alicyclic amines) is 1. The van der Waals surface area contributed by atoms with E-state index in [9.17, 15) is 14.4 Å². The van der Waals surface area contributed by atoms with Crippen LogP contribution in [0.25, 0.3) is 0 Å². The van der Waals surface area contributed by atoms with Crippen molar-refractivity contribution in [3.05, 3.63) is 0 Å². The first-order chi connectivity index (χ1) is 12.8. The van der Waals surface area contributed by atoms with E-state index in [1.807, 2.05) is 0 Å². The van der Waals surface area contributed by atoms with Crippen molar-refractivity contribution in [3.63, 3.8) is 0 Å². The minimum atomic E-state index is -0.766. The Labute approximate surface area is 159 Å². The number of imide groups is 1. The van der Waals surface area contributed by atoms with Crippen LogP contribution in [-0.4, -0.2) is 101 Å². The number of esters is 1. The molecule has 0 aromatic heterocycles. The summed E-state index contributed by atoms with van der Waals surface area (Å²) in [4.78, 5) is 46.6. The van der Waals surface area contributed by atoms with Gasteiger partial charge in [0.2, 0.25) is 0 Å². The molecule has 3 aliphatic rings. The van der Waals surface area contributed by atoms with E-state index in [1.54, 1.807) is 18.5 Å². The van der Waals surface area contributed by atoms with Gasteiger partial charge < -0.3 is 4.74 Å². The number of urea groups is 1. The molecule has 2 saturated heterocycles. The number of ether oxygens (including phenoxy) is 1. The van der Waals surface area contributed by atoms with Gasteiger partial charge in [0.1, 0.15) is 6.54 Å². The lowest BCUT2D eigenvalue weighted by atomic mass is 10.0. The largest absolute Gasteiger partial charge is 0.463 e. The van der Waals surface area contributed by atoms with Crippen LogP contribution >= 0.6 is 0 Å². The smallest absolute Gasteiger partial charge is 0.348 e. The number of carbonyl (C=O) groups excluding carboxylic acids is 3. The van der Waals surface area contributed by atoms with Crippen LogP contribution in [0, 0.1) is 0 Å². The van der Waals surface area contributed by atoms with Gasteiger partial charge >= 0.3 is 17.8 Å². The first-order valence-corrected chi connectivity index (χ1v) is 9.51. The number of hydrogen-bond acceptors (Lipinski definition) is 6. The zero-order valence-electron chi connectivity index (χ0n) is 16.5. The Kier molecular flexibility index (Phi) is 5.59. The molecule has 27 heavy (non-hydrogen) atoms. The summed E-state index contributed by atoms with van der Waals surface area (Å²) < 4.78 is 6.78. The Bertz CT molecular complexity index is 717. The number of carbonyl (C=O) groups is 3. The second-order valence-electron chi connectivity index (χ2n) is 7.28. The van der Waals surface area contributed by atoms with Crippen LogP contribution in [0.15, 0.2) is 4.99 Å². The summed E-state index contributed by atoms with van der Waals surface area (Å²) in [5, 5.41) is 0. The zero-order valence-corrected chi connectivity index (χ0v) is 16.5. The number of amides is 3. The van der Waals surface area contributed by atoms with E-state index in [2.05, 4.69) is 16.8 Å². The molecule has 2 unspecified atom stereocenters. The van der Waals surface area contributed by atoms with Crippen LogP contribution in [0.1, 0.15) is 33.1 Å². The SMILES string of the molecule is CCOC(=O)C[N+]1=C(CN2CCCCC2C)N=C2C1C(=O)N(C)C(=O)N2C. The number of amidine groups is 2. The Hall–Kier alpha value is -2.29. The van der Waals surface area contributed by atoms with Crippen LogP contribution in [0.4, 0.5) is 4.79 Å². The summed E-state index contributed by atoms with van der Waals surface area (Å²) >= 11 is 0. The third-order valence-corrected chi connectivity index (χ3v) is 5.50. The number of nitrogens with zero attached hydrogens (tertiary/aromatic N) is 5. The lowest BCUT2D eigenvalue weighted by Gasteiger charge is -2.32. The van der Waals surface area contributed by atoms with E-state index >= 15 is 0 Å². The number of fused-ring (bicyclic) bond motifs is 1. The fourth-order valence-electron chi connectivity index (χ4n) is 3.88. The fraction of sp³-hybridized carbons (Fsp3) is 0.722. The highest BCUT2D eigenvalue weighted by Crippen LogP contribution is 2.21. The van der Waals surface area contributed by atoms with Gasteiger partial charge in [-0.25, -0.2) is 14.2 Å². The molecule has 9 nitrogen and oxygen atoms in total. The maximum Gasteiger partial charge on any atom is 0.348 e. The predicted octanol–water partition coefficient (Wildman–Crippen LogP) is 0.139.